The summed E-state index contributed by atoms with van der Waals surface area (Å²) in [5, 5.41) is 2.34. The number of amides is 1. The molecule has 0 saturated heterocycles. The lowest BCUT2D eigenvalue weighted by molar-refractivity contribution is -0.137. The van der Waals surface area contributed by atoms with E-state index in [1.54, 1.807) is 0 Å². The molecule has 0 fully saturated rings. The van der Waals surface area contributed by atoms with Crippen LogP contribution in [0.1, 0.15) is 5.56 Å². The molecule has 0 aliphatic carbocycles. The van der Waals surface area contributed by atoms with E-state index in [1.165, 1.54) is 24.3 Å². The van der Waals surface area contributed by atoms with E-state index >= 15 is 0 Å². The van der Waals surface area contributed by atoms with Crippen LogP contribution in [0, 0.1) is 0 Å². The Kier molecular flexibility index (Phi) is 5.21. The highest BCUT2D eigenvalue weighted by molar-refractivity contribution is 7.92. The molecule has 2 aromatic carbocycles. The van der Waals surface area contributed by atoms with E-state index in [9.17, 15) is 26.4 Å². The molecular formula is C15H13F3N2O4S. The van der Waals surface area contributed by atoms with Gasteiger partial charge in [0.05, 0.1) is 23.3 Å². The number of carbonyl (C=O) groups is 1. The SMILES string of the molecule is COC(=O)Nc1cccc(NS(=O)(=O)c2cccc(C(F)(F)F)c2)c1. The highest BCUT2D eigenvalue weighted by Gasteiger charge is 2.31. The second-order valence-electron chi connectivity index (χ2n) is 4.83. The number of anilines is 2. The molecule has 6 nitrogen and oxygen atoms in total. The van der Waals surface area contributed by atoms with Crippen molar-refractivity contribution in [1.29, 1.82) is 0 Å². The van der Waals surface area contributed by atoms with Crippen LogP contribution < -0.4 is 10.0 Å². The van der Waals surface area contributed by atoms with Gasteiger partial charge in [0, 0.05) is 5.69 Å². The number of methoxy groups -OCH3 is 1. The fourth-order valence-electron chi connectivity index (χ4n) is 1.88. The number of halogens is 3. The van der Waals surface area contributed by atoms with E-state index < -0.39 is 32.8 Å². The molecule has 0 aliphatic rings. The first kappa shape index (κ1) is 18.6. The minimum Gasteiger partial charge on any atom is -0.453 e. The molecule has 134 valence electrons. The van der Waals surface area contributed by atoms with Gasteiger partial charge in [0.15, 0.2) is 0 Å². The predicted octanol–water partition coefficient (Wildman–Crippen LogP) is 3.68. The summed E-state index contributed by atoms with van der Waals surface area (Å²) in [6.45, 7) is 0. The fourth-order valence-corrected chi connectivity index (χ4v) is 2.98. The Balaban J connectivity index is 2.27. The molecule has 0 saturated carbocycles. The number of sulfonamides is 1. The molecule has 25 heavy (non-hydrogen) atoms. The highest BCUT2D eigenvalue weighted by atomic mass is 32.2. The van der Waals surface area contributed by atoms with Crippen LogP contribution in [-0.4, -0.2) is 21.6 Å². The summed E-state index contributed by atoms with van der Waals surface area (Å²) in [7, 11) is -3.08. The maximum Gasteiger partial charge on any atom is 0.416 e. The van der Waals surface area contributed by atoms with E-state index in [4.69, 9.17) is 0 Å². The van der Waals surface area contributed by atoms with Crippen molar-refractivity contribution in [2.45, 2.75) is 11.1 Å². The number of hydrogen-bond acceptors (Lipinski definition) is 4. The lowest BCUT2D eigenvalue weighted by atomic mass is 10.2. The molecule has 2 N–H and O–H groups in total. The second-order valence-corrected chi connectivity index (χ2v) is 6.51. The number of nitrogens with one attached hydrogen (secondary N) is 2. The Bertz CT molecular complexity index is 882. The summed E-state index contributed by atoms with van der Waals surface area (Å²) < 4.78 is 69.3. The molecule has 0 atom stereocenters. The van der Waals surface area contributed by atoms with Crippen molar-refractivity contribution < 1.29 is 31.1 Å². The van der Waals surface area contributed by atoms with Gasteiger partial charge in [-0.15, -0.1) is 0 Å². The van der Waals surface area contributed by atoms with Crippen molar-refractivity contribution in [2.24, 2.45) is 0 Å². The van der Waals surface area contributed by atoms with Gasteiger partial charge in [-0.3, -0.25) is 10.0 Å². The average Bonchev–Trinajstić information content (AvgIpc) is 2.54. The van der Waals surface area contributed by atoms with Crippen LogP contribution in [0.4, 0.5) is 29.3 Å². The van der Waals surface area contributed by atoms with Crippen molar-refractivity contribution in [3.63, 3.8) is 0 Å². The molecule has 2 rings (SSSR count). The number of hydrogen-bond donors (Lipinski definition) is 2. The number of alkyl halides is 3. The van der Waals surface area contributed by atoms with E-state index in [0.717, 1.165) is 25.3 Å². The third-order valence-corrected chi connectivity index (χ3v) is 4.40. The summed E-state index contributed by atoms with van der Waals surface area (Å²) in [5.74, 6) is 0. The van der Waals surface area contributed by atoms with Crippen LogP contribution in [0.2, 0.25) is 0 Å². The molecule has 2 aromatic rings. The molecule has 1 amide bonds. The number of benzene rings is 2. The van der Waals surface area contributed by atoms with Crippen molar-refractivity contribution in [1.82, 2.24) is 0 Å². The smallest absolute Gasteiger partial charge is 0.416 e. The van der Waals surface area contributed by atoms with Gasteiger partial charge >= 0.3 is 12.3 Å². The fraction of sp³-hybridized carbons (Fsp3) is 0.133. The summed E-state index contributed by atoms with van der Waals surface area (Å²) in [6.07, 6.45) is -5.41. The summed E-state index contributed by atoms with van der Waals surface area (Å²) >= 11 is 0. The van der Waals surface area contributed by atoms with Crippen LogP contribution in [-0.2, 0) is 20.9 Å². The Morgan fingerprint density at radius 3 is 2.32 bits per heavy atom. The molecule has 0 spiro atoms. The molecular weight excluding hydrogens is 361 g/mol. The lowest BCUT2D eigenvalue weighted by Crippen LogP contribution is -2.15. The standard InChI is InChI=1S/C15H13F3N2O4S/c1-24-14(21)19-11-5-3-6-12(9-11)20-25(22,23)13-7-2-4-10(8-13)15(16,17)18/h2-9,20H,1H3,(H,19,21). The second kappa shape index (κ2) is 7.01. The van der Waals surface area contributed by atoms with Gasteiger partial charge in [0.2, 0.25) is 0 Å². The first-order valence-electron chi connectivity index (χ1n) is 6.77. The van der Waals surface area contributed by atoms with E-state index in [-0.39, 0.29) is 11.4 Å². The number of carbonyl (C=O) groups excluding carboxylic acids is 1. The van der Waals surface area contributed by atoms with Gasteiger partial charge < -0.3 is 4.74 Å². The minimum absolute atomic E-state index is 0.0614. The Labute approximate surface area is 141 Å². The van der Waals surface area contributed by atoms with Gasteiger partial charge in [-0.2, -0.15) is 13.2 Å². The number of rotatable bonds is 4. The maximum absolute atomic E-state index is 12.7. The van der Waals surface area contributed by atoms with Gasteiger partial charge in [-0.25, -0.2) is 13.2 Å². The normalized spacial score (nSPS) is 11.7. The van der Waals surface area contributed by atoms with Crippen molar-refractivity contribution in [3.8, 4) is 0 Å². The first-order chi connectivity index (χ1) is 11.6. The zero-order chi connectivity index (χ0) is 18.7. The van der Waals surface area contributed by atoms with Crippen LogP contribution in [0.25, 0.3) is 0 Å². The third-order valence-electron chi connectivity index (χ3n) is 3.02. The average molecular weight is 374 g/mol. The summed E-state index contributed by atoms with van der Waals surface area (Å²) in [6, 6.07) is 8.99. The van der Waals surface area contributed by atoms with Crippen LogP contribution >= 0.6 is 0 Å². The Hall–Kier alpha value is -2.75. The van der Waals surface area contributed by atoms with Crippen LogP contribution in [0.5, 0.6) is 0 Å². The molecule has 0 aromatic heterocycles. The predicted molar refractivity (Wildman–Crippen MR) is 84.7 cm³/mol. The highest BCUT2D eigenvalue weighted by Crippen LogP contribution is 2.31. The molecule has 0 heterocycles. The molecule has 0 unspecified atom stereocenters. The van der Waals surface area contributed by atoms with Crippen molar-refractivity contribution >= 4 is 27.5 Å². The Morgan fingerprint density at radius 2 is 1.68 bits per heavy atom. The van der Waals surface area contributed by atoms with Crippen LogP contribution in [0.15, 0.2) is 53.4 Å². The quantitative estimate of drug-likeness (QED) is 0.855. The minimum atomic E-state index is -4.66. The van der Waals surface area contributed by atoms with Crippen molar-refractivity contribution in [3.05, 3.63) is 54.1 Å². The molecule has 10 heteroatoms. The first-order valence-corrected chi connectivity index (χ1v) is 8.25. The van der Waals surface area contributed by atoms with Gasteiger partial charge in [0.25, 0.3) is 10.0 Å². The Morgan fingerprint density at radius 1 is 1.04 bits per heavy atom. The molecule has 0 bridgehead atoms. The van der Waals surface area contributed by atoms with Gasteiger partial charge in [0.1, 0.15) is 0 Å². The van der Waals surface area contributed by atoms with Gasteiger partial charge in [-0.1, -0.05) is 12.1 Å². The summed E-state index contributed by atoms with van der Waals surface area (Å²) in [4.78, 5) is 10.6. The number of ether oxygens (including phenoxy) is 1. The summed E-state index contributed by atoms with van der Waals surface area (Å²) in [5.41, 5.74) is -0.765. The zero-order valence-electron chi connectivity index (χ0n) is 12.8. The lowest BCUT2D eigenvalue weighted by Gasteiger charge is -2.12. The van der Waals surface area contributed by atoms with E-state index in [2.05, 4.69) is 14.8 Å². The van der Waals surface area contributed by atoms with Crippen LogP contribution in [0.3, 0.4) is 0 Å². The monoisotopic (exact) mass is 374 g/mol. The van der Waals surface area contributed by atoms with Gasteiger partial charge in [-0.05, 0) is 36.4 Å². The van der Waals surface area contributed by atoms with E-state index in [0.29, 0.717) is 6.07 Å². The molecule has 0 radical (unpaired) electrons. The maximum atomic E-state index is 12.7. The zero-order valence-corrected chi connectivity index (χ0v) is 13.6. The third kappa shape index (κ3) is 4.86. The largest absolute Gasteiger partial charge is 0.453 e. The topological polar surface area (TPSA) is 84.5 Å². The van der Waals surface area contributed by atoms with E-state index in [1.807, 2.05) is 0 Å². The van der Waals surface area contributed by atoms with Crippen molar-refractivity contribution in [2.75, 3.05) is 17.1 Å². The molecule has 0 aliphatic heterocycles.